The molecule has 2 saturated heterocycles. The molecule has 1 atom stereocenters. The number of nitrogens with zero attached hydrogens (tertiary/aromatic N) is 2. The fourth-order valence-electron chi connectivity index (χ4n) is 4.38. The van der Waals surface area contributed by atoms with Crippen LogP contribution in [-0.2, 0) is 22.6 Å². The van der Waals surface area contributed by atoms with Gasteiger partial charge < -0.3 is 15.0 Å². The Morgan fingerprint density at radius 2 is 2.00 bits per heavy atom. The Labute approximate surface area is 177 Å². The van der Waals surface area contributed by atoms with Crippen LogP contribution in [0, 0.1) is 6.92 Å². The number of likely N-dealkylation sites (N-methyl/N-ethyl adjacent to an activating group) is 1. The predicted octanol–water partition coefficient (Wildman–Crippen LogP) is 3.04. The highest BCUT2D eigenvalue weighted by atomic mass is 32.1. The van der Waals surface area contributed by atoms with Crippen LogP contribution in [0.1, 0.15) is 28.8 Å². The predicted molar refractivity (Wildman–Crippen MR) is 117 cm³/mol. The van der Waals surface area contributed by atoms with Gasteiger partial charge in [0.25, 0.3) is 5.91 Å². The molecule has 2 aliphatic rings. The summed E-state index contributed by atoms with van der Waals surface area (Å²) < 4.78 is 6.46. The largest absolute Gasteiger partial charge is 0.359 e. The van der Waals surface area contributed by atoms with E-state index < -0.39 is 6.10 Å². The summed E-state index contributed by atoms with van der Waals surface area (Å²) >= 11 is 1.82. The number of ether oxygens (including phenoxy) is 1. The zero-order valence-electron chi connectivity index (χ0n) is 17.4. The Bertz CT molecular complexity index is 798. The van der Waals surface area contributed by atoms with E-state index in [1.165, 1.54) is 10.4 Å². The summed E-state index contributed by atoms with van der Waals surface area (Å²) in [4.78, 5) is 19.0. The summed E-state index contributed by atoms with van der Waals surface area (Å²) in [5, 5.41) is 5.21. The number of piperidine rings is 1. The van der Waals surface area contributed by atoms with Gasteiger partial charge in [-0.2, -0.15) is 0 Å². The van der Waals surface area contributed by atoms with Gasteiger partial charge in [-0.1, -0.05) is 35.9 Å². The highest BCUT2D eigenvalue weighted by Crippen LogP contribution is 2.32. The molecule has 3 heterocycles. The molecule has 1 amide bonds. The van der Waals surface area contributed by atoms with E-state index in [2.05, 4.69) is 70.9 Å². The molecule has 2 aliphatic heterocycles. The van der Waals surface area contributed by atoms with Crippen LogP contribution in [-0.4, -0.2) is 60.6 Å². The minimum absolute atomic E-state index is 0.00230. The molecular formula is C23H31N3O2S. The normalized spacial score (nSPS) is 22.6. The van der Waals surface area contributed by atoms with Crippen molar-refractivity contribution in [2.75, 3.05) is 33.2 Å². The van der Waals surface area contributed by atoms with Gasteiger partial charge >= 0.3 is 0 Å². The Morgan fingerprint density at radius 3 is 2.69 bits per heavy atom. The van der Waals surface area contributed by atoms with Gasteiger partial charge in [0.15, 0.2) is 0 Å². The van der Waals surface area contributed by atoms with Gasteiger partial charge in [0.1, 0.15) is 6.10 Å². The lowest BCUT2D eigenvalue weighted by atomic mass is 9.88. The first kappa shape index (κ1) is 20.5. The van der Waals surface area contributed by atoms with Gasteiger partial charge in [-0.15, -0.1) is 11.3 Å². The molecule has 1 aromatic carbocycles. The minimum Gasteiger partial charge on any atom is -0.359 e. The second-order valence-corrected chi connectivity index (χ2v) is 9.58. The Kier molecular flexibility index (Phi) is 6.35. The van der Waals surface area contributed by atoms with Crippen molar-refractivity contribution in [2.45, 2.75) is 44.6 Å². The average Bonchev–Trinajstić information content (AvgIpc) is 3.22. The van der Waals surface area contributed by atoms with E-state index in [9.17, 15) is 4.79 Å². The zero-order valence-corrected chi connectivity index (χ0v) is 18.2. The molecule has 0 aliphatic carbocycles. The highest BCUT2D eigenvalue weighted by Gasteiger charge is 2.43. The van der Waals surface area contributed by atoms with Gasteiger partial charge in [0.2, 0.25) is 0 Å². The maximum absolute atomic E-state index is 12.8. The number of carbonyl (C=O) groups is 1. The van der Waals surface area contributed by atoms with Crippen molar-refractivity contribution >= 4 is 17.2 Å². The highest BCUT2D eigenvalue weighted by molar-refractivity contribution is 7.09. The van der Waals surface area contributed by atoms with E-state index in [1.807, 2.05) is 11.3 Å². The first-order valence-electron chi connectivity index (χ1n) is 10.5. The molecule has 1 spiro atoms. The lowest BCUT2D eigenvalue weighted by Crippen LogP contribution is -2.61. The number of benzene rings is 1. The Hall–Kier alpha value is -1.73. The number of amides is 1. The van der Waals surface area contributed by atoms with Gasteiger partial charge in [0.05, 0.1) is 5.60 Å². The number of likely N-dealkylation sites (tertiary alicyclic amines) is 1. The van der Waals surface area contributed by atoms with Crippen molar-refractivity contribution in [2.24, 2.45) is 0 Å². The molecule has 1 aromatic heterocycles. The summed E-state index contributed by atoms with van der Waals surface area (Å²) in [6.07, 6.45) is 1.55. The molecule has 29 heavy (non-hydrogen) atoms. The third kappa shape index (κ3) is 5.25. The third-order valence-electron chi connectivity index (χ3n) is 6.03. The lowest BCUT2D eigenvalue weighted by molar-refractivity contribution is -0.182. The molecule has 1 N–H and O–H groups in total. The van der Waals surface area contributed by atoms with E-state index in [1.54, 1.807) is 0 Å². The van der Waals surface area contributed by atoms with Crippen LogP contribution in [0.5, 0.6) is 0 Å². The average molecular weight is 414 g/mol. The fourth-order valence-corrected chi connectivity index (χ4v) is 5.12. The SMILES string of the molecule is Cc1ccc(CNC(=O)[C@@H]2CN(C)CC3(CCN(Cc4cccs4)CC3)O2)cc1. The van der Waals surface area contributed by atoms with Gasteiger partial charge in [-0.05, 0) is 43.8 Å². The van der Waals surface area contributed by atoms with E-state index in [0.717, 1.165) is 44.6 Å². The first-order valence-corrected chi connectivity index (χ1v) is 11.3. The summed E-state index contributed by atoms with van der Waals surface area (Å²) in [7, 11) is 2.10. The van der Waals surface area contributed by atoms with Crippen molar-refractivity contribution in [1.29, 1.82) is 0 Å². The smallest absolute Gasteiger partial charge is 0.250 e. The second-order valence-electron chi connectivity index (χ2n) is 8.55. The standard InChI is InChI=1S/C23H31N3O2S/c1-18-5-7-19(8-6-18)14-24-22(27)21-16-25(2)17-23(28-21)9-11-26(12-10-23)15-20-4-3-13-29-20/h3-8,13,21H,9-12,14-17H2,1-2H3,(H,24,27)/t21-/m0/s1. The van der Waals surface area contributed by atoms with Crippen LogP contribution in [0.2, 0.25) is 0 Å². The number of hydrogen-bond acceptors (Lipinski definition) is 5. The molecule has 0 unspecified atom stereocenters. The maximum Gasteiger partial charge on any atom is 0.250 e. The number of aryl methyl sites for hydroxylation is 1. The maximum atomic E-state index is 12.8. The van der Waals surface area contributed by atoms with Crippen LogP contribution in [0.25, 0.3) is 0 Å². The number of thiophene rings is 1. The first-order chi connectivity index (χ1) is 14.0. The second kappa shape index (κ2) is 8.96. The van der Waals surface area contributed by atoms with E-state index in [0.29, 0.717) is 13.1 Å². The van der Waals surface area contributed by atoms with Crippen molar-refractivity contribution in [3.8, 4) is 0 Å². The minimum atomic E-state index is -0.400. The van der Waals surface area contributed by atoms with Crippen LogP contribution in [0.3, 0.4) is 0 Å². The van der Waals surface area contributed by atoms with Crippen molar-refractivity contribution in [1.82, 2.24) is 15.1 Å². The molecule has 4 rings (SSSR count). The van der Waals surface area contributed by atoms with E-state index in [-0.39, 0.29) is 11.5 Å². The number of nitrogens with one attached hydrogen (secondary N) is 1. The van der Waals surface area contributed by atoms with Crippen LogP contribution in [0.4, 0.5) is 0 Å². The van der Waals surface area contributed by atoms with Crippen LogP contribution in [0.15, 0.2) is 41.8 Å². The molecule has 2 aromatic rings. The number of carbonyl (C=O) groups excluding carboxylic acids is 1. The summed E-state index contributed by atoms with van der Waals surface area (Å²) in [5.74, 6) is -0.00230. The fraction of sp³-hybridized carbons (Fsp3) is 0.522. The quantitative estimate of drug-likeness (QED) is 0.818. The molecule has 6 heteroatoms. The zero-order chi connectivity index (χ0) is 20.3. The monoisotopic (exact) mass is 413 g/mol. The van der Waals surface area contributed by atoms with Gasteiger partial charge in [-0.25, -0.2) is 0 Å². The molecule has 2 fully saturated rings. The van der Waals surface area contributed by atoms with Crippen LogP contribution < -0.4 is 5.32 Å². The summed E-state index contributed by atoms with van der Waals surface area (Å²) in [6, 6.07) is 12.6. The van der Waals surface area contributed by atoms with Gasteiger partial charge in [-0.3, -0.25) is 9.69 Å². The Morgan fingerprint density at radius 1 is 1.24 bits per heavy atom. The molecule has 156 valence electrons. The van der Waals surface area contributed by atoms with Crippen molar-refractivity contribution in [3.05, 3.63) is 57.8 Å². The van der Waals surface area contributed by atoms with E-state index >= 15 is 0 Å². The van der Waals surface area contributed by atoms with Crippen molar-refractivity contribution in [3.63, 3.8) is 0 Å². The molecule has 0 radical (unpaired) electrons. The van der Waals surface area contributed by atoms with Gasteiger partial charge in [0, 0.05) is 44.1 Å². The Balaban J connectivity index is 1.31. The number of rotatable bonds is 5. The number of morpholine rings is 1. The summed E-state index contributed by atoms with van der Waals surface area (Å²) in [5.41, 5.74) is 2.14. The molecular weight excluding hydrogens is 382 g/mol. The lowest BCUT2D eigenvalue weighted by Gasteiger charge is -2.48. The summed E-state index contributed by atoms with van der Waals surface area (Å²) in [6.45, 7) is 7.22. The van der Waals surface area contributed by atoms with Crippen LogP contribution >= 0.6 is 11.3 Å². The van der Waals surface area contributed by atoms with Crippen molar-refractivity contribution < 1.29 is 9.53 Å². The topological polar surface area (TPSA) is 44.8 Å². The van der Waals surface area contributed by atoms with E-state index in [4.69, 9.17) is 4.74 Å². The molecule has 5 nitrogen and oxygen atoms in total. The molecule has 0 saturated carbocycles. The number of hydrogen-bond donors (Lipinski definition) is 1. The third-order valence-corrected chi connectivity index (χ3v) is 6.90. The molecule has 0 bridgehead atoms.